The summed E-state index contributed by atoms with van der Waals surface area (Å²) in [5.41, 5.74) is 11.7. The maximum Gasteiger partial charge on any atom is 1.00 e. The summed E-state index contributed by atoms with van der Waals surface area (Å²) in [6.07, 6.45) is 15.3. The molecule has 37 nitrogen and oxygen atoms in total. The predicted molar refractivity (Wildman–Crippen MR) is 512 cm³/mol. The molecule has 3 aromatic rings. The van der Waals surface area contributed by atoms with Crippen LogP contribution < -0.4 is 30.3 Å². The van der Waals surface area contributed by atoms with Crippen molar-refractivity contribution < 1.29 is 187 Å². The third kappa shape index (κ3) is 50.2. The molecule has 0 bridgehead atoms. The Kier molecular flexibility index (Phi) is 65.5. The summed E-state index contributed by atoms with van der Waals surface area (Å²) in [7, 11) is 5.39. The second-order valence-electron chi connectivity index (χ2n) is 38.1. The number of halogens is 3. The minimum absolute atomic E-state index is 0. The molecule has 3 aliphatic carbocycles. The first-order valence-corrected chi connectivity index (χ1v) is 49.0. The van der Waals surface area contributed by atoms with Crippen LogP contribution in [0.5, 0.6) is 0 Å². The summed E-state index contributed by atoms with van der Waals surface area (Å²) in [5, 5.41) is 51.6. The van der Waals surface area contributed by atoms with Crippen molar-refractivity contribution in [3.05, 3.63) is 67.2 Å². The number of rotatable bonds is 16. The van der Waals surface area contributed by atoms with Crippen LogP contribution in [-0.2, 0) is 105 Å². The Bertz CT molecular complexity index is 3750. The number of ether oxygens (including phenoxy) is 14. The maximum atomic E-state index is 12.2. The molecule has 0 radical (unpaired) electrons. The zero-order valence-electron chi connectivity index (χ0n) is 83.6. The molecular formula is C97H158Br3LiN2O35. The number of carboxylic acids is 5. The van der Waals surface area contributed by atoms with E-state index in [1.54, 1.807) is 12.1 Å². The quantitative estimate of drug-likeness (QED) is 0.0375. The van der Waals surface area contributed by atoms with Gasteiger partial charge in [-0.2, -0.15) is 0 Å². The van der Waals surface area contributed by atoms with E-state index in [2.05, 4.69) is 157 Å². The molecule has 11 heterocycles. The maximum absolute atomic E-state index is 12.2. The van der Waals surface area contributed by atoms with Crippen LogP contribution in [-0.4, -0.2) is 262 Å². The van der Waals surface area contributed by atoms with E-state index in [1.165, 1.54) is 85.6 Å². The van der Waals surface area contributed by atoms with E-state index >= 15 is 0 Å². The van der Waals surface area contributed by atoms with E-state index in [-0.39, 0.29) is 128 Å². The van der Waals surface area contributed by atoms with Crippen LogP contribution in [0.25, 0.3) is 0 Å². The van der Waals surface area contributed by atoms with Gasteiger partial charge in [0.1, 0.15) is 18.5 Å². The molecule has 41 heteroatoms. The van der Waals surface area contributed by atoms with Crippen molar-refractivity contribution in [2.75, 3.05) is 81.3 Å². The Morgan fingerprint density at radius 3 is 0.870 bits per heavy atom. The van der Waals surface area contributed by atoms with Crippen molar-refractivity contribution in [1.29, 1.82) is 0 Å². The summed E-state index contributed by atoms with van der Waals surface area (Å²) in [4.78, 5) is 118. The predicted octanol–water partition coefficient (Wildman–Crippen LogP) is 13.0. The van der Waals surface area contributed by atoms with E-state index in [4.69, 9.17) is 97.6 Å². The Labute approximate surface area is 850 Å². The van der Waals surface area contributed by atoms with Crippen LogP contribution in [0.3, 0.4) is 0 Å². The minimum atomic E-state index is -1.08. The SMILES string of the molecule is C.CC(C)[C@@H]1CC[C@@H](C)C[C@H]1O.CC(C)[C@@H]1CC[C@@H](C)C[C@H]1OC(=O)[C@@H]1C[C@H](C)CO1.CC(C)[C@@H]1CC[C@@H](C)C[C@H]1OC(=O)[C@H]1C[C@H](C)CO1.COC(=O)[C@@H]1C[C@H](C)CO1.COC(=O)[C@H]1C[C@@H](C)CO1.COC(=O)c1cc(Br)co1.COC(=O)c1cc(C)co1.C[C@@H]1CO[C@H](C(=O)O)C1.C[C@H]1CO[C@@H](C(=O)O)C1.N[C@@H]1CO[C@H](C(=O)O)C1.N[C@H]1CO[C@@H](C(=O)O)C1.O=C(O)c1cc(Br)c(Br)o1.[Li+].[OH-]. The molecule has 11 N–H and O–H groups in total. The third-order valence-corrected chi connectivity index (χ3v) is 26.3. The molecule has 14 rings (SSSR count). The number of carbonyl (C=O) groups excluding carboxylic acids is 6. The molecule has 138 heavy (non-hydrogen) atoms. The van der Waals surface area contributed by atoms with Crippen molar-refractivity contribution in [2.45, 2.75) is 307 Å². The number of methoxy groups -OCH3 is 4. The molecule has 8 aliphatic heterocycles. The second-order valence-corrected chi connectivity index (χ2v) is 40.6. The van der Waals surface area contributed by atoms with Crippen molar-refractivity contribution in [2.24, 2.45) is 100 Å². The number of aliphatic carboxylic acids is 4. The Balaban J connectivity index is 0.00000150. The van der Waals surface area contributed by atoms with Crippen molar-refractivity contribution >= 4 is 113 Å². The summed E-state index contributed by atoms with van der Waals surface area (Å²) >= 11 is 9.22. The number of carbonyl (C=O) groups is 11. The zero-order valence-corrected chi connectivity index (χ0v) is 88.3. The minimum Gasteiger partial charge on any atom is -0.870 e. The van der Waals surface area contributed by atoms with Crippen LogP contribution in [0.4, 0.5) is 0 Å². The first-order chi connectivity index (χ1) is 63.4. The molecule has 3 saturated carbocycles. The number of aliphatic hydroxyl groups excluding tert-OH is 1. The molecule has 3 aromatic heterocycles. The molecule has 0 amide bonds. The number of aromatic carboxylic acids is 1. The fourth-order valence-electron chi connectivity index (χ4n) is 16.3. The smallest absolute Gasteiger partial charge is 0.870 e. The van der Waals surface area contributed by atoms with Crippen LogP contribution in [0.1, 0.15) is 258 Å². The third-order valence-electron chi connectivity index (χ3n) is 24.2. The van der Waals surface area contributed by atoms with Gasteiger partial charge in [-0.1, -0.05) is 131 Å². The second kappa shape index (κ2) is 68.7. The normalized spacial score (nSPS) is 29.8. The average Bonchev–Trinajstić information content (AvgIpc) is 1.84. The van der Waals surface area contributed by atoms with Gasteiger partial charge in [-0.3, -0.25) is 0 Å². The molecule has 788 valence electrons. The standard InChI is InChI=1S/2C16H28O3.C10H20O.2C7H12O3.C7H8O3.C6H5BrO3.2C6H10O3.C5H2Br2O3.2C5H9NO3.CH4.Li.H2O/c2*1-10(2)13-6-5-11(3)7-14(13)19-16(17)15-8-12(4)9-18-15;1-7(2)9-5-4-8(3)6-10(9)11;3*1-5-3-6(10-4-5)7(8)9-2;1-9-6(8)5-2-4(7)3-10-5;2*1-4-2-5(6(7)8)9-3-4;6-2-1-3(5(8)9)10-4(2)7;2*6-3-1-4(5(7)8)9-2-3;;;/h2*10-15H,5-9H2,1-4H3;7-11H,4-6H2,1-3H3;2*5-6H,3-4H2,1-2H3;3-4H,1-2H3;2-3H,1H3;2*4-5H,2-3H2,1H3,(H,7,8);1H,(H,8,9);2*3-4H,1-2,6H2,(H,7,8);1H4;;1H2/q;;;;;;;;;;;;;+1;/p-1/t11-,12+,13+,14-,15+;11-,12+,13+,14-,15-;8-,9+,10-;2*5-,6-;;;2*4-,5-;;2*3-,4-;;;/m11110..10.10.../s1. The van der Waals surface area contributed by atoms with Crippen molar-refractivity contribution in [3.63, 3.8) is 0 Å². The molecular weight excluding hydrogens is 2000 g/mol. The van der Waals surface area contributed by atoms with Gasteiger partial charge < -0.3 is 127 Å². The average molecular weight is 2160 g/mol. The van der Waals surface area contributed by atoms with Crippen molar-refractivity contribution in [3.8, 4) is 0 Å². The van der Waals surface area contributed by atoms with Gasteiger partial charge in [0.05, 0.1) is 103 Å². The van der Waals surface area contributed by atoms with Gasteiger partial charge >= 0.3 is 84.5 Å². The van der Waals surface area contributed by atoms with Gasteiger partial charge in [0.2, 0.25) is 17.3 Å². The Morgan fingerprint density at radius 2 is 0.659 bits per heavy atom. The molecule has 11 fully saturated rings. The molecule has 0 spiro atoms. The number of aliphatic hydroxyl groups is 1. The Morgan fingerprint density at radius 1 is 0.370 bits per heavy atom. The van der Waals surface area contributed by atoms with E-state index in [0.717, 1.165) is 60.9 Å². The molecule has 0 unspecified atom stereocenters. The molecule has 25 atom stereocenters. The number of nitrogens with two attached hydrogens (primary N) is 2. The fraction of sp³-hybridized carbons (Fsp3) is 0.763. The summed E-state index contributed by atoms with van der Waals surface area (Å²) in [5.74, 6) is 2.34. The van der Waals surface area contributed by atoms with Crippen LogP contribution >= 0.6 is 47.8 Å². The number of esters is 6. The summed E-state index contributed by atoms with van der Waals surface area (Å²) in [6.45, 7) is 38.9. The Hall–Kier alpha value is -6.43. The van der Waals surface area contributed by atoms with Crippen molar-refractivity contribution in [1.82, 2.24) is 0 Å². The van der Waals surface area contributed by atoms with Crippen LogP contribution in [0.2, 0.25) is 0 Å². The number of hydrogen-bond donors (Lipinski definition) is 8. The topological polar surface area (TPSA) is 560 Å². The summed E-state index contributed by atoms with van der Waals surface area (Å²) < 4.78 is 86.3. The zero-order chi connectivity index (χ0) is 102. The van der Waals surface area contributed by atoms with Gasteiger partial charge in [0.15, 0.2) is 53.5 Å². The van der Waals surface area contributed by atoms with E-state index < -0.39 is 66.2 Å². The van der Waals surface area contributed by atoms with E-state index in [0.29, 0.717) is 171 Å². The monoisotopic (exact) mass is 2150 g/mol. The van der Waals surface area contributed by atoms with Gasteiger partial charge in [-0.05, 0) is 232 Å². The number of furan rings is 3. The van der Waals surface area contributed by atoms with E-state index in [1.807, 2.05) is 20.8 Å². The molecule has 8 saturated heterocycles. The van der Waals surface area contributed by atoms with Gasteiger partial charge in [-0.25, -0.2) is 52.7 Å². The number of aryl methyl sites for hydroxylation is 1. The molecule has 11 aliphatic rings. The first kappa shape index (κ1) is 132. The number of carboxylic acid groups (broad SMARTS) is 5. The van der Waals surface area contributed by atoms with Crippen LogP contribution in [0, 0.1) is 95.7 Å². The van der Waals surface area contributed by atoms with E-state index in [9.17, 15) is 57.8 Å². The van der Waals surface area contributed by atoms with Gasteiger partial charge in [0.25, 0.3) is 0 Å². The first-order valence-electron chi connectivity index (χ1n) is 46.6. The van der Waals surface area contributed by atoms with Gasteiger partial charge in [-0.15, -0.1) is 0 Å². The van der Waals surface area contributed by atoms with Gasteiger partial charge in [0, 0.05) is 37.1 Å². The summed E-state index contributed by atoms with van der Waals surface area (Å²) in [6, 6.07) is 4.38. The van der Waals surface area contributed by atoms with Crippen LogP contribution in [0.15, 0.2) is 57.6 Å². The number of hydrogen-bond acceptors (Lipinski definition) is 32. The molecule has 0 aromatic carbocycles. The fourth-order valence-corrected chi connectivity index (χ4v) is 17.2. The largest absolute Gasteiger partial charge is 1.00 e.